The van der Waals surface area contributed by atoms with Crippen molar-refractivity contribution in [2.24, 2.45) is 0 Å². The smallest absolute Gasteiger partial charge is 0.225 e. The van der Waals surface area contributed by atoms with Crippen molar-refractivity contribution in [3.05, 3.63) is 87.4 Å². The highest BCUT2D eigenvalue weighted by Crippen LogP contribution is 2.41. The summed E-state index contributed by atoms with van der Waals surface area (Å²) in [6, 6.07) is 19.6. The number of carbonyl (C=O) groups excluding carboxylic acids is 1. The van der Waals surface area contributed by atoms with E-state index >= 15 is 0 Å². The standard InChI is InChI=1S/C26H26Cl2N2O3/c1-32-22-15-18-11-13-30(14-12-24(31)29-25-20(27)9-6-10-21(25)28)26(17-7-4-3-5-8-17)19(18)16-23(22)33-2/h3-10,15-16,26H,11-14H2,1-2H3,(H,29,31). The normalized spacial score (nSPS) is 15.6. The van der Waals surface area contributed by atoms with Crippen molar-refractivity contribution in [3.63, 3.8) is 0 Å². The quantitative estimate of drug-likeness (QED) is 0.447. The minimum absolute atomic E-state index is 0.00598. The maximum Gasteiger partial charge on any atom is 0.225 e. The number of fused-ring (bicyclic) bond motifs is 1. The lowest BCUT2D eigenvalue weighted by Crippen LogP contribution is -2.38. The minimum Gasteiger partial charge on any atom is -0.493 e. The zero-order chi connectivity index (χ0) is 23.4. The Bertz CT molecular complexity index is 1120. The fraction of sp³-hybridized carbons (Fsp3) is 0.269. The molecule has 0 saturated carbocycles. The molecule has 5 nitrogen and oxygen atoms in total. The molecule has 1 aliphatic heterocycles. The number of nitrogens with one attached hydrogen (secondary N) is 1. The molecule has 7 heteroatoms. The Hall–Kier alpha value is -2.73. The van der Waals surface area contributed by atoms with Gasteiger partial charge in [0.05, 0.1) is 36.0 Å². The number of para-hydroxylation sites is 1. The number of nitrogens with zero attached hydrogens (tertiary/aromatic N) is 1. The lowest BCUT2D eigenvalue weighted by Gasteiger charge is -2.38. The molecule has 0 saturated heterocycles. The van der Waals surface area contributed by atoms with Crippen molar-refractivity contribution in [1.29, 1.82) is 0 Å². The van der Waals surface area contributed by atoms with Crippen LogP contribution in [-0.4, -0.2) is 38.1 Å². The van der Waals surface area contributed by atoms with Gasteiger partial charge < -0.3 is 14.8 Å². The van der Waals surface area contributed by atoms with E-state index in [0.29, 0.717) is 34.4 Å². The lowest BCUT2D eigenvalue weighted by molar-refractivity contribution is -0.116. The Morgan fingerprint density at radius 3 is 2.33 bits per heavy atom. The van der Waals surface area contributed by atoms with Gasteiger partial charge in [0, 0.05) is 19.5 Å². The number of carbonyl (C=O) groups is 1. The fourth-order valence-corrected chi connectivity index (χ4v) is 4.82. The van der Waals surface area contributed by atoms with Crippen molar-refractivity contribution in [1.82, 2.24) is 4.90 Å². The van der Waals surface area contributed by atoms with Crippen LogP contribution in [-0.2, 0) is 11.2 Å². The number of rotatable bonds is 7. The van der Waals surface area contributed by atoms with E-state index < -0.39 is 0 Å². The lowest BCUT2D eigenvalue weighted by atomic mass is 9.87. The molecule has 3 aromatic carbocycles. The predicted octanol–water partition coefficient (Wildman–Crippen LogP) is 5.99. The number of amides is 1. The molecule has 1 unspecified atom stereocenters. The molecule has 3 aromatic rings. The van der Waals surface area contributed by atoms with E-state index in [4.69, 9.17) is 32.7 Å². The minimum atomic E-state index is -0.130. The van der Waals surface area contributed by atoms with Gasteiger partial charge in [-0.25, -0.2) is 0 Å². The average molecular weight is 485 g/mol. The molecular formula is C26H26Cl2N2O3. The van der Waals surface area contributed by atoms with E-state index in [2.05, 4.69) is 34.5 Å². The van der Waals surface area contributed by atoms with Crippen molar-refractivity contribution in [2.75, 3.05) is 32.6 Å². The van der Waals surface area contributed by atoms with Gasteiger partial charge in [-0.15, -0.1) is 0 Å². The summed E-state index contributed by atoms with van der Waals surface area (Å²) in [6.07, 6.45) is 1.17. The summed E-state index contributed by atoms with van der Waals surface area (Å²) >= 11 is 12.4. The molecule has 1 amide bonds. The van der Waals surface area contributed by atoms with Crippen molar-refractivity contribution in [3.8, 4) is 11.5 Å². The zero-order valence-corrected chi connectivity index (χ0v) is 20.1. The van der Waals surface area contributed by atoms with Gasteiger partial charge in [0.15, 0.2) is 11.5 Å². The van der Waals surface area contributed by atoms with E-state index in [1.54, 1.807) is 32.4 Å². The Labute approximate surface area is 204 Å². The third-order valence-electron chi connectivity index (χ3n) is 5.94. The molecule has 172 valence electrons. The van der Waals surface area contributed by atoms with Crippen LogP contribution < -0.4 is 14.8 Å². The fourth-order valence-electron chi connectivity index (χ4n) is 4.33. The maximum atomic E-state index is 12.7. The van der Waals surface area contributed by atoms with Gasteiger partial charge >= 0.3 is 0 Å². The van der Waals surface area contributed by atoms with Gasteiger partial charge in [-0.3, -0.25) is 9.69 Å². The summed E-state index contributed by atoms with van der Waals surface area (Å²) < 4.78 is 11.1. The molecule has 0 radical (unpaired) electrons. The van der Waals surface area contributed by atoms with E-state index in [1.165, 1.54) is 16.7 Å². The summed E-state index contributed by atoms with van der Waals surface area (Å²) in [7, 11) is 3.30. The predicted molar refractivity (Wildman–Crippen MR) is 133 cm³/mol. The van der Waals surface area contributed by atoms with E-state index in [9.17, 15) is 4.79 Å². The molecular weight excluding hydrogens is 459 g/mol. The topological polar surface area (TPSA) is 50.8 Å². The molecule has 0 fully saturated rings. The molecule has 1 heterocycles. The number of methoxy groups -OCH3 is 2. The Morgan fingerprint density at radius 1 is 1.00 bits per heavy atom. The van der Waals surface area contributed by atoms with E-state index in [1.807, 2.05) is 18.2 Å². The second-order valence-corrected chi connectivity index (χ2v) is 8.71. The van der Waals surface area contributed by atoms with Gasteiger partial charge in [0.1, 0.15) is 0 Å². The molecule has 0 aliphatic carbocycles. The number of benzene rings is 3. The highest BCUT2D eigenvalue weighted by molar-refractivity contribution is 6.39. The number of anilines is 1. The summed E-state index contributed by atoms with van der Waals surface area (Å²) in [5.41, 5.74) is 4.01. The van der Waals surface area contributed by atoms with E-state index in [-0.39, 0.29) is 11.9 Å². The third-order valence-corrected chi connectivity index (χ3v) is 6.57. The van der Waals surface area contributed by atoms with Crippen LogP contribution in [0.3, 0.4) is 0 Å². The highest BCUT2D eigenvalue weighted by atomic mass is 35.5. The van der Waals surface area contributed by atoms with Crippen molar-refractivity contribution < 1.29 is 14.3 Å². The van der Waals surface area contributed by atoms with Crippen molar-refractivity contribution >= 4 is 34.8 Å². The molecule has 4 rings (SSSR count). The maximum absolute atomic E-state index is 12.7. The zero-order valence-electron chi connectivity index (χ0n) is 18.6. The summed E-state index contributed by atoms with van der Waals surface area (Å²) in [6.45, 7) is 1.41. The molecule has 1 aliphatic rings. The Morgan fingerprint density at radius 2 is 1.67 bits per heavy atom. The average Bonchev–Trinajstić information content (AvgIpc) is 2.84. The van der Waals surface area contributed by atoms with Crippen LogP contribution in [0.5, 0.6) is 11.5 Å². The number of halogens is 2. The number of ether oxygens (including phenoxy) is 2. The first kappa shape index (κ1) is 23.4. The Balaban J connectivity index is 1.58. The largest absolute Gasteiger partial charge is 0.493 e. The first-order valence-corrected chi connectivity index (χ1v) is 11.5. The first-order chi connectivity index (χ1) is 16.0. The molecule has 0 spiro atoms. The monoisotopic (exact) mass is 484 g/mol. The van der Waals surface area contributed by atoms with Gasteiger partial charge in [-0.2, -0.15) is 0 Å². The van der Waals surface area contributed by atoms with Gasteiger partial charge in [-0.1, -0.05) is 59.6 Å². The van der Waals surface area contributed by atoms with Gasteiger partial charge in [-0.05, 0) is 47.4 Å². The molecule has 1 N–H and O–H groups in total. The molecule has 33 heavy (non-hydrogen) atoms. The SMILES string of the molecule is COc1cc2c(cc1OC)C(c1ccccc1)N(CCC(=O)Nc1c(Cl)cccc1Cl)CC2. The summed E-state index contributed by atoms with van der Waals surface area (Å²) in [5.74, 6) is 1.30. The summed E-state index contributed by atoms with van der Waals surface area (Å²) in [5, 5.41) is 3.70. The van der Waals surface area contributed by atoms with Crippen LogP contribution in [0.25, 0.3) is 0 Å². The van der Waals surface area contributed by atoms with Crippen LogP contribution in [0.2, 0.25) is 10.0 Å². The molecule has 0 bridgehead atoms. The summed E-state index contributed by atoms with van der Waals surface area (Å²) in [4.78, 5) is 15.1. The third kappa shape index (κ3) is 5.11. The van der Waals surface area contributed by atoms with E-state index in [0.717, 1.165) is 18.7 Å². The molecule has 1 atom stereocenters. The first-order valence-electron chi connectivity index (χ1n) is 10.8. The number of hydrogen-bond donors (Lipinski definition) is 1. The second kappa shape index (κ2) is 10.5. The van der Waals surface area contributed by atoms with Crippen molar-refractivity contribution in [2.45, 2.75) is 18.9 Å². The number of hydrogen-bond acceptors (Lipinski definition) is 4. The highest BCUT2D eigenvalue weighted by Gasteiger charge is 2.30. The van der Waals surface area contributed by atoms with Crippen LogP contribution in [0, 0.1) is 0 Å². The van der Waals surface area contributed by atoms with Crippen LogP contribution in [0.15, 0.2) is 60.7 Å². The Kier molecular flexibility index (Phi) is 7.43. The second-order valence-electron chi connectivity index (χ2n) is 7.90. The van der Waals surface area contributed by atoms with Gasteiger partial charge in [0.2, 0.25) is 5.91 Å². The van der Waals surface area contributed by atoms with Crippen LogP contribution in [0.1, 0.15) is 29.2 Å². The van der Waals surface area contributed by atoms with Crippen LogP contribution in [0.4, 0.5) is 5.69 Å². The molecule has 0 aromatic heterocycles. The van der Waals surface area contributed by atoms with Crippen LogP contribution >= 0.6 is 23.2 Å². The van der Waals surface area contributed by atoms with Gasteiger partial charge in [0.25, 0.3) is 0 Å².